The Bertz CT molecular complexity index is 1190. The second kappa shape index (κ2) is 12.6. The van der Waals surface area contributed by atoms with E-state index in [2.05, 4.69) is 53.4 Å². The van der Waals surface area contributed by atoms with Crippen molar-refractivity contribution in [2.24, 2.45) is 0 Å². The topological polar surface area (TPSA) is 66.2 Å². The van der Waals surface area contributed by atoms with Gasteiger partial charge in [0.25, 0.3) is 5.91 Å². The highest BCUT2D eigenvalue weighted by Crippen LogP contribution is 2.29. The van der Waals surface area contributed by atoms with Gasteiger partial charge in [-0.2, -0.15) is 0 Å². The number of rotatable bonds is 9. The van der Waals surface area contributed by atoms with Crippen LogP contribution >= 0.6 is 0 Å². The summed E-state index contributed by atoms with van der Waals surface area (Å²) in [7, 11) is 0. The van der Waals surface area contributed by atoms with Crippen molar-refractivity contribution < 1.29 is 18.7 Å². The molecule has 2 amide bonds. The summed E-state index contributed by atoms with van der Waals surface area (Å²) in [6.07, 6.45) is 2.27. The number of hydrogen-bond acceptors (Lipinski definition) is 5. The monoisotopic (exact) mass is 529 g/mol. The number of benzene rings is 2. The van der Waals surface area contributed by atoms with Crippen LogP contribution in [0.1, 0.15) is 58.3 Å². The summed E-state index contributed by atoms with van der Waals surface area (Å²) in [5.41, 5.74) is 3.09. The summed E-state index contributed by atoms with van der Waals surface area (Å²) in [4.78, 5) is 32.9. The lowest BCUT2D eigenvalue weighted by Gasteiger charge is -2.40. The van der Waals surface area contributed by atoms with Gasteiger partial charge in [-0.15, -0.1) is 0 Å². The van der Waals surface area contributed by atoms with Crippen LogP contribution < -0.4 is 0 Å². The number of amides is 2. The van der Waals surface area contributed by atoms with Gasteiger partial charge in [0.1, 0.15) is 11.5 Å². The number of nitrogens with zero attached hydrogens (tertiary/aromatic N) is 3. The fourth-order valence-electron chi connectivity index (χ4n) is 5.83. The summed E-state index contributed by atoms with van der Waals surface area (Å²) in [6, 6.07) is 23.1. The van der Waals surface area contributed by atoms with Crippen LogP contribution in [0.15, 0.2) is 71.1 Å². The third-order valence-corrected chi connectivity index (χ3v) is 7.86. The van der Waals surface area contributed by atoms with Crippen molar-refractivity contribution in [3.8, 4) is 0 Å². The highest BCUT2D eigenvalue weighted by molar-refractivity contribution is 5.95. The van der Waals surface area contributed by atoms with Gasteiger partial charge < -0.3 is 19.0 Å². The van der Waals surface area contributed by atoms with Gasteiger partial charge in [0.15, 0.2) is 0 Å². The Morgan fingerprint density at radius 2 is 1.59 bits per heavy atom. The lowest BCUT2D eigenvalue weighted by Crippen LogP contribution is -2.50. The Hall–Kier alpha value is -3.42. The predicted molar refractivity (Wildman–Crippen MR) is 151 cm³/mol. The number of furan rings is 1. The molecule has 2 aliphatic heterocycles. The summed E-state index contributed by atoms with van der Waals surface area (Å²) < 4.78 is 11.4. The molecule has 0 bridgehead atoms. The molecular formula is C32H39N3O4. The minimum Gasteiger partial charge on any atom is -0.466 e. The van der Waals surface area contributed by atoms with Crippen LogP contribution in [0.4, 0.5) is 0 Å². The molecule has 7 heteroatoms. The lowest BCUT2D eigenvalue weighted by molar-refractivity contribution is -0.133. The van der Waals surface area contributed by atoms with Crippen LogP contribution in [-0.4, -0.2) is 78.5 Å². The molecule has 2 aromatic carbocycles. The molecule has 2 fully saturated rings. The van der Waals surface area contributed by atoms with Crippen LogP contribution in [0.25, 0.3) is 0 Å². The molecule has 2 saturated heterocycles. The third-order valence-electron chi connectivity index (χ3n) is 7.86. The largest absolute Gasteiger partial charge is 0.466 e. The summed E-state index contributed by atoms with van der Waals surface area (Å²) in [6.45, 7) is 8.21. The van der Waals surface area contributed by atoms with E-state index in [1.807, 2.05) is 30.9 Å². The maximum Gasteiger partial charge on any atom is 0.257 e. The molecule has 1 atom stereocenters. The standard InChI is InChI=1S/C32H39N3O4/c1-24-22-29(25(2)39-24)32(37)35(23-28-14-9-21-38-28)16-15-30(36)33-17-19-34(20-18-33)31(26-10-5-3-6-11-26)27-12-7-4-8-13-27/h3-8,10-13,22,28,31H,9,14-21,23H2,1-2H3. The van der Waals surface area contributed by atoms with Crippen molar-refractivity contribution in [3.05, 3.63) is 94.9 Å². The molecule has 1 unspecified atom stereocenters. The first-order chi connectivity index (χ1) is 19.0. The van der Waals surface area contributed by atoms with E-state index in [4.69, 9.17) is 9.15 Å². The summed E-state index contributed by atoms with van der Waals surface area (Å²) >= 11 is 0. The van der Waals surface area contributed by atoms with Gasteiger partial charge in [-0.1, -0.05) is 60.7 Å². The molecule has 7 nitrogen and oxygen atoms in total. The first kappa shape index (κ1) is 27.2. The minimum atomic E-state index is -0.0916. The average molecular weight is 530 g/mol. The van der Waals surface area contributed by atoms with Gasteiger partial charge >= 0.3 is 0 Å². The number of carbonyl (C=O) groups is 2. The van der Waals surface area contributed by atoms with E-state index in [-0.39, 0.29) is 24.0 Å². The van der Waals surface area contributed by atoms with Crippen LogP contribution in [0.3, 0.4) is 0 Å². The third kappa shape index (κ3) is 6.60. The second-order valence-corrected chi connectivity index (χ2v) is 10.6. The molecule has 0 aliphatic carbocycles. The first-order valence-corrected chi connectivity index (χ1v) is 14.1. The molecule has 2 aliphatic rings. The van der Waals surface area contributed by atoms with Crippen molar-refractivity contribution in [3.63, 3.8) is 0 Å². The van der Waals surface area contributed by atoms with Crippen LogP contribution in [0.5, 0.6) is 0 Å². The number of piperazine rings is 1. The van der Waals surface area contributed by atoms with Crippen molar-refractivity contribution in [1.29, 1.82) is 0 Å². The molecule has 0 radical (unpaired) electrons. The smallest absolute Gasteiger partial charge is 0.257 e. The normalized spacial score (nSPS) is 18.0. The van der Waals surface area contributed by atoms with Gasteiger partial charge in [0.2, 0.25) is 5.91 Å². The zero-order chi connectivity index (χ0) is 27.2. The molecule has 206 valence electrons. The maximum absolute atomic E-state index is 13.4. The first-order valence-electron chi connectivity index (χ1n) is 14.1. The molecule has 39 heavy (non-hydrogen) atoms. The summed E-state index contributed by atoms with van der Waals surface area (Å²) in [5.74, 6) is 1.33. The van der Waals surface area contributed by atoms with Gasteiger partial charge in [-0.25, -0.2) is 0 Å². The molecule has 5 rings (SSSR count). The zero-order valence-corrected chi connectivity index (χ0v) is 23.1. The maximum atomic E-state index is 13.4. The van der Waals surface area contributed by atoms with Crippen molar-refractivity contribution in [2.75, 3.05) is 45.9 Å². The van der Waals surface area contributed by atoms with E-state index in [9.17, 15) is 9.59 Å². The number of carbonyl (C=O) groups excluding carboxylic acids is 2. The number of hydrogen-bond donors (Lipinski definition) is 0. The minimum absolute atomic E-state index is 0.0220. The molecule has 0 spiro atoms. The molecular weight excluding hydrogens is 490 g/mol. The lowest BCUT2D eigenvalue weighted by atomic mass is 9.96. The average Bonchev–Trinajstić information content (AvgIpc) is 3.60. The molecule has 3 aromatic rings. The Kier molecular flexibility index (Phi) is 8.79. The Labute approximate surface area is 231 Å². The van der Waals surface area contributed by atoms with Crippen LogP contribution in [0.2, 0.25) is 0 Å². The van der Waals surface area contributed by atoms with E-state index in [1.165, 1.54) is 11.1 Å². The van der Waals surface area contributed by atoms with Gasteiger partial charge in [0, 0.05) is 52.3 Å². The van der Waals surface area contributed by atoms with E-state index >= 15 is 0 Å². The Morgan fingerprint density at radius 3 is 2.13 bits per heavy atom. The number of aryl methyl sites for hydroxylation is 2. The van der Waals surface area contributed by atoms with Crippen molar-refractivity contribution in [2.45, 2.75) is 45.3 Å². The SMILES string of the molecule is Cc1cc(C(=O)N(CCC(=O)N2CCN(C(c3ccccc3)c3ccccc3)CC2)CC2CCCO2)c(C)o1. The van der Waals surface area contributed by atoms with Gasteiger partial charge in [0.05, 0.1) is 17.7 Å². The van der Waals surface area contributed by atoms with Crippen molar-refractivity contribution >= 4 is 11.8 Å². The zero-order valence-electron chi connectivity index (χ0n) is 23.1. The Morgan fingerprint density at radius 1 is 0.949 bits per heavy atom. The molecule has 1 aromatic heterocycles. The fourth-order valence-corrected chi connectivity index (χ4v) is 5.83. The number of ether oxygens (including phenoxy) is 1. The van der Waals surface area contributed by atoms with E-state index in [1.54, 1.807) is 11.0 Å². The second-order valence-electron chi connectivity index (χ2n) is 10.6. The van der Waals surface area contributed by atoms with Crippen LogP contribution in [0, 0.1) is 13.8 Å². The molecule has 0 saturated carbocycles. The van der Waals surface area contributed by atoms with Gasteiger partial charge in [-0.05, 0) is 43.9 Å². The van der Waals surface area contributed by atoms with Crippen LogP contribution in [-0.2, 0) is 9.53 Å². The van der Waals surface area contributed by atoms with E-state index < -0.39 is 0 Å². The highest BCUT2D eigenvalue weighted by Gasteiger charge is 2.30. The quantitative estimate of drug-likeness (QED) is 0.397. The summed E-state index contributed by atoms with van der Waals surface area (Å²) in [5, 5.41) is 0. The fraction of sp³-hybridized carbons (Fsp3) is 0.438. The molecule has 3 heterocycles. The Balaban J connectivity index is 1.21. The predicted octanol–water partition coefficient (Wildman–Crippen LogP) is 4.84. The van der Waals surface area contributed by atoms with Gasteiger partial charge in [-0.3, -0.25) is 14.5 Å². The van der Waals surface area contributed by atoms with E-state index in [0.29, 0.717) is 49.7 Å². The van der Waals surface area contributed by atoms with E-state index in [0.717, 1.165) is 32.5 Å². The molecule has 0 N–H and O–H groups in total. The van der Waals surface area contributed by atoms with Crippen molar-refractivity contribution in [1.82, 2.24) is 14.7 Å². The highest BCUT2D eigenvalue weighted by atomic mass is 16.5.